The van der Waals surface area contributed by atoms with E-state index >= 15 is 0 Å². The van der Waals surface area contributed by atoms with E-state index in [4.69, 9.17) is 5.11 Å². The van der Waals surface area contributed by atoms with Crippen molar-refractivity contribution in [1.29, 1.82) is 0 Å². The van der Waals surface area contributed by atoms with Crippen molar-refractivity contribution in [1.82, 2.24) is 0 Å². The van der Waals surface area contributed by atoms with Crippen LogP contribution < -0.4 is 0 Å². The van der Waals surface area contributed by atoms with E-state index in [1.165, 1.54) is 6.92 Å². The van der Waals surface area contributed by atoms with Crippen LogP contribution in [0.1, 0.15) is 27.7 Å². The first-order valence-electron chi connectivity index (χ1n) is 3.54. The average molecular weight is 353 g/mol. The first-order chi connectivity index (χ1) is 4.76. The van der Waals surface area contributed by atoms with Crippen molar-refractivity contribution in [3.05, 3.63) is 0 Å². The molecule has 0 fully saturated rings. The zero-order valence-corrected chi connectivity index (χ0v) is 9.93. The molecule has 0 aliphatic carbocycles. The summed E-state index contributed by atoms with van der Waals surface area (Å²) in [7, 11) is 0. The number of Topliss-reactive ketones (excluding diaryl/α,β-unsaturated/α-hetero) is 1. The molecule has 1 N–H and O–H groups in total. The zero-order valence-electron chi connectivity index (χ0n) is 7.66. The predicted molar refractivity (Wildman–Crippen MR) is 41.3 cm³/mol. The van der Waals surface area contributed by atoms with Crippen LogP contribution in [0, 0.1) is 11.3 Å². The maximum Gasteiger partial charge on any atom is 4.00 e. The van der Waals surface area contributed by atoms with Crippen molar-refractivity contribution in [2.75, 3.05) is 0 Å². The van der Waals surface area contributed by atoms with Crippen LogP contribution in [0.25, 0.3) is 0 Å². The Morgan fingerprint density at radius 3 is 1.67 bits per heavy atom. The fraction of sp³-hybridized carbons (Fsp3) is 0.750. The fourth-order valence-electron chi connectivity index (χ4n) is 0.762. The molecule has 0 aromatic heterocycles. The molecule has 0 aliphatic rings. The van der Waals surface area contributed by atoms with Crippen LogP contribution in [-0.4, -0.2) is 16.9 Å². The summed E-state index contributed by atoms with van der Waals surface area (Å²) < 4.78 is 0. The molecule has 4 heteroatoms. The van der Waals surface area contributed by atoms with Crippen LogP contribution in [0.3, 0.4) is 0 Å². The van der Waals surface area contributed by atoms with Crippen molar-refractivity contribution in [3.8, 4) is 0 Å². The topological polar surface area (TPSA) is 54.4 Å². The number of hydrogen-bond donors (Lipinski definition) is 1. The van der Waals surface area contributed by atoms with E-state index in [0.717, 1.165) is 0 Å². The maximum atomic E-state index is 11.2. The van der Waals surface area contributed by atoms with Crippen molar-refractivity contribution in [2.45, 2.75) is 27.7 Å². The molecule has 0 aromatic carbocycles. The molecule has 0 bridgehead atoms. The van der Waals surface area contributed by atoms with Gasteiger partial charge < -0.3 is 5.11 Å². The van der Waals surface area contributed by atoms with Crippen LogP contribution in [-0.2, 0) is 30.7 Å². The number of aliphatic carboxylic acids is 1. The van der Waals surface area contributed by atoms with E-state index in [2.05, 4.69) is 0 Å². The van der Waals surface area contributed by atoms with Crippen LogP contribution in [0.5, 0.6) is 0 Å². The van der Waals surface area contributed by atoms with Gasteiger partial charge in [0.2, 0.25) is 0 Å². The van der Waals surface area contributed by atoms with Crippen LogP contribution in [0.15, 0.2) is 0 Å². The third-order valence-corrected chi connectivity index (χ3v) is 1.50. The second-order valence-corrected chi connectivity index (χ2v) is 3.67. The smallest absolute Gasteiger partial charge is 0.481 e. The molecule has 0 amide bonds. The van der Waals surface area contributed by atoms with Gasteiger partial charge in [-0.2, -0.15) is 0 Å². The first kappa shape index (κ1) is 14.4. The molecule has 0 saturated carbocycles. The standard InChI is InChI=1S/C8H14O3.Pt/c1-5(7(10)11)6(9)8(2,3)4;/h5H,1-4H3,(H,10,11);/q;+4. The number of carbonyl (C=O) groups excluding carboxylic acids is 1. The molecule has 0 aliphatic heterocycles. The van der Waals surface area contributed by atoms with Crippen LogP contribution in [0.4, 0.5) is 0 Å². The molecule has 0 saturated heterocycles. The Balaban J connectivity index is 0. The Bertz CT molecular complexity index is 181. The molecule has 0 heterocycles. The van der Waals surface area contributed by atoms with Gasteiger partial charge in [0.1, 0.15) is 5.92 Å². The van der Waals surface area contributed by atoms with Gasteiger partial charge in [-0.1, -0.05) is 20.8 Å². The molecule has 1 atom stereocenters. The summed E-state index contributed by atoms with van der Waals surface area (Å²) in [6, 6.07) is 0. The minimum Gasteiger partial charge on any atom is -0.481 e. The molecule has 3 nitrogen and oxygen atoms in total. The Hall–Kier alpha value is -0.172. The molecule has 70 valence electrons. The number of hydrogen-bond acceptors (Lipinski definition) is 2. The Labute approximate surface area is 86.8 Å². The SMILES string of the molecule is CC(C(=O)O)C(=O)C(C)(C)C.[Pt+4]. The van der Waals surface area contributed by atoms with Gasteiger partial charge in [0.25, 0.3) is 0 Å². The number of carbonyl (C=O) groups is 2. The van der Waals surface area contributed by atoms with E-state index in [1.807, 2.05) is 0 Å². The largest absolute Gasteiger partial charge is 4.00 e. The van der Waals surface area contributed by atoms with Crippen molar-refractivity contribution in [3.63, 3.8) is 0 Å². The summed E-state index contributed by atoms with van der Waals surface area (Å²) in [6.45, 7) is 6.56. The quantitative estimate of drug-likeness (QED) is 0.762. The minimum atomic E-state index is -1.05. The predicted octanol–water partition coefficient (Wildman–Crippen LogP) is 1.32. The fourth-order valence-corrected chi connectivity index (χ4v) is 0.762. The van der Waals surface area contributed by atoms with Gasteiger partial charge in [0.05, 0.1) is 0 Å². The van der Waals surface area contributed by atoms with E-state index in [0.29, 0.717) is 0 Å². The van der Waals surface area contributed by atoms with Gasteiger partial charge in [0.15, 0.2) is 5.78 Å². The van der Waals surface area contributed by atoms with E-state index in [-0.39, 0.29) is 26.8 Å². The van der Waals surface area contributed by atoms with Gasteiger partial charge in [-0.3, -0.25) is 9.59 Å². The number of carboxylic acids is 1. The molecular weight excluding hydrogens is 339 g/mol. The molecular formula is C8H14O3Pt+4. The molecule has 0 radical (unpaired) electrons. The number of rotatable bonds is 2. The van der Waals surface area contributed by atoms with Crippen molar-refractivity contribution < 1.29 is 35.8 Å². The monoisotopic (exact) mass is 353 g/mol. The van der Waals surface area contributed by atoms with Gasteiger partial charge >= 0.3 is 27.0 Å². The van der Waals surface area contributed by atoms with E-state index < -0.39 is 17.3 Å². The Morgan fingerprint density at radius 1 is 1.25 bits per heavy atom. The van der Waals surface area contributed by atoms with E-state index in [1.54, 1.807) is 20.8 Å². The van der Waals surface area contributed by atoms with Gasteiger partial charge in [-0.25, -0.2) is 0 Å². The van der Waals surface area contributed by atoms with Gasteiger partial charge in [-0.05, 0) is 6.92 Å². The third-order valence-electron chi connectivity index (χ3n) is 1.50. The summed E-state index contributed by atoms with van der Waals surface area (Å²) in [5.41, 5.74) is -0.558. The minimum absolute atomic E-state index is 0. The molecule has 0 rings (SSSR count). The third kappa shape index (κ3) is 4.01. The Morgan fingerprint density at radius 2 is 1.58 bits per heavy atom. The van der Waals surface area contributed by atoms with Crippen molar-refractivity contribution >= 4 is 11.8 Å². The summed E-state index contributed by atoms with van der Waals surface area (Å²) in [5, 5.41) is 8.49. The Kier molecular flexibility index (Phi) is 5.69. The summed E-state index contributed by atoms with van der Waals surface area (Å²) in [5.74, 6) is -2.18. The summed E-state index contributed by atoms with van der Waals surface area (Å²) >= 11 is 0. The average Bonchev–Trinajstić information content (AvgIpc) is 1.82. The molecule has 1 unspecified atom stereocenters. The maximum absolute atomic E-state index is 11.2. The molecule has 0 spiro atoms. The summed E-state index contributed by atoms with van der Waals surface area (Å²) in [4.78, 5) is 21.6. The first-order valence-corrected chi connectivity index (χ1v) is 3.54. The second kappa shape index (κ2) is 4.76. The van der Waals surface area contributed by atoms with Crippen LogP contribution in [0.2, 0.25) is 0 Å². The summed E-state index contributed by atoms with van der Waals surface area (Å²) in [6.07, 6.45) is 0. The van der Waals surface area contributed by atoms with Crippen molar-refractivity contribution in [2.24, 2.45) is 11.3 Å². The van der Waals surface area contributed by atoms with E-state index in [9.17, 15) is 9.59 Å². The normalized spacial score (nSPS) is 13.0. The zero-order chi connectivity index (χ0) is 9.23. The van der Waals surface area contributed by atoms with Gasteiger partial charge in [-0.15, -0.1) is 0 Å². The van der Waals surface area contributed by atoms with Crippen LogP contribution >= 0.6 is 0 Å². The number of carboxylic acid groups (broad SMARTS) is 1. The molecule has 12 heavy (non-hydrogen) atoms. The van der Waals surface area contributed by atoms with Gasteiger partial charge in [0, 0.05) is 5.41 Å². The molecule has 0 aromatic rings. The second-order valence-electron chi connectivity index (χ2n) is 3.67. The number of ketones is 1.